The monoisotopic (exact) mass is 289 g/mol. The van der Waals surface area contributed by atoms with Crippen LogP contribution in [0.2, 0.25) is 0 Å². The van der Waals surface area contributed by atoms with Crippen LogP contribution in [0.5, 0.6) is 0 Å². The number of nitrogens with one attached hydrogen (secondary N) is 1. The van der Waals surface area contributed by atoms with Crippen LogP contribution in [0.3, 0.4) is 0 Å². The van der Waals surface area contributed by atoms with E-state index in [4.69, 9.17) is 5.10 Å². The second-order valence-electron chi connectivity index (χ2n) is 7.19. The summed E-state index contributed by atoms with van der Waals surface area (Å²) in [6.45, 7) is 5.81. The second-order valence-corrected chi connectivity index (χ2v) is 7.19. The lowest BCUT2D eigenvalue weighted by molar-refractivity contribution is 0.336. The number of hydrogen-bond donors (Lipinski definition) is 1. The highest BCUT2D eigenvalue weighted by atomic mass is 15.3. The van der Waals surface area contributed by atoms with E-state index < -0.39 is 0 Å². The Balaban J connectivity index is 1.61. The van der Waals surface area contributed by atoms with Crippen LogP contribution in [0.15, 0.2) is 12.3 Å². The van der Waals surface area contributed by atoms with E-state index in [1.807, 2.05) is 0 Å². The molecule has 0 amide bonds. The standard InChI is InChI=1S/C18H31N3/c1-3-11-19-18(14(2)15-8-9-15)13-16-10-12-21(20-16)17-6-4-5-7-17/h10,12,14-15,17-19H,3-9,11,13H2,1-2H3. The summed E-state index contributed by atoms with van der Waals surface area (Å²) in [5.74, 6) is 1.74. The predicted octanol–water partition coefficient (Wildman–Crippen LogP) is 3.96. The maximum absolute atomic E-state index is 4.88. The highest BCUT2D eigenvalue weighted by molar-refractivity contribution is 5.04. The van der Waals surface area contributed by atoms with Crippen molar-refractivity contribution < 1.29 is 0 Å². The molecule has 3 rings (SSSR count). The van der Waals surface area contributed by atoms with Gasteiger partial charge in [-0.15, -0.1) is 0 Å². The minimum absolute atomic E-state index is 0.601. The fraction of sp³-hybridized carbons (Fsp3) is 0.833. The van der Waals surface area contributed by atoms with Crippen molar-refractivity contribution in [2.75, 3.05) is 6.54 Å². The van der Waals surface area contributed by atoms with Crippen molar-refractivity contribution in [3.63, 3.8) is 0 Å². The topological polar surface area (TPSA) is 29.9 Å². The van der Waals surface area contributed by atoms with Gasteiger partial charge in [0, 0.05) is 18.7 Å². The molecule has 0 radical (unpaired) electrons. The Labute approximate surface area is 129 Å². The molecule has 0 aliphatic heterocycles. The zero-order valence-electron chi connectivity index (χ0n) is 13.7. The highest BCUT2D eigenvalue weighted by Crippen LogP contribution is 2.38. The lowest BCUT2D eigenvalue weighted by Crippen LogP contribution is -2.38. The summed E-state index contributed by atoms with van der Waals surface area (Å²) >= 11 is 0. The zero-order valence-corrected chi connectivity index (χ0v) is 13.7. The molecule has 21 heavy (non-hydrogen) atoms. The van der Waals surface area contributed by atoms with E-state index in [9.17, 15) is 0 Å². The second kappa shape index (κ2) is 6.95. The third-order valence-corrected chi connectivity index (χ3v) is 5.45. The van der Waals surface area contributed by atoms with Gasteiger partial charge in [0.15, 0.2) is 0 Å². The smallest absolute Gasteiger partial charge is 0.0640 e. The van der Waals surface area contributed by atoms with Crippen molar-refractivity contribution in [3.05, 3.63) is 18.0 Å². The quantitative estimate of drug-likeness (QED) is 0.785. The lowest BCUT2D eigenvalue weighted by atomic mass is 9.93. The van der Waals surface area contributed by atoms with E-state index in [1.165, 1.54) is 50.6 Å². The number of aromatic nitrogens is 2. The van der Waals surface area contributed by atoms with Crippen LogP contribution in [-0.4, -0.2) is 22.4 Å². The lowest BCUT2D eigenvalue weighted by Gasteiger charge is -2.24. The van der Waals surface area contributed by atoms with Gasteiger partial charge in [-0.3, -0.25) is 4.68 Å². The zero-order chi connectivity index (χ0) is 14.7. The Morgan fingerprint density at radius 2 is 2.05 bits per heavy atom. The van der Waals surface area contributed by atoms with Gasteiger partial charge in [0.1, 0.15) is 0 Å². The molecule has 0 spiro atoms. The van der Waals surface area contributed by atoms with Crippen LogP contribution in [0.1, 0.15) is 70.5 Å². The fourth-order valence-electron chi connectivity index (χ4n) is 3.81. The largest absolute Gasteiger partial charge is 0.313 e. The molecule has 3 nitrogen and oxygen atoms in total. The number of hydrogen-bond acceptors (Lipinski definition) is 2. The fourth-order valence-corrected chi connectivity index (χ4v) is 3.81. The minimum Gasteiger partial charge on any atom is -0.313 e. The molecule has 0 aromatic carbocycles. The molecule has 2 atom stereocenters. The van der Waals surface area contributed by atoms with Gasteiger partial charge in [0.05, 0.1) is 11.7 Å². The van der Waals surface area contributed by atoms with Crippen LogP contribution in [-0.2, 0) is 6.42 Å². The summed E-state index contributed by atoms with van der Waals surface area (Å²) in [4.78, 5) is 0. The van der Waals surface area contributed by atoms with Gasteiger partial charge in [-0.2, -0.15) is 5.10 Å². The Hall–Kier alpha value is -0.830. The number of nitrogens with zero attached hydrogens (tertiary/aromatic N) is 2. The molecule has 3 heteroatoms. The predicted molar refractivity (Wildman–Crippen MR) is 87.4 cm³/mol. The van der Waals surface area contributed by atoms with Gasteiger partial charge in [-0.25, -0.2) is 0 Å². The molecule has 2 saturated carbocycles. The third-order valence-electron chi connectivity index (χ3n) is 5.45. The van der Waals surface area contributed by atoms with E-state index in [1.54, 1.807) is 0 Å². The normalized spacial score (nSPS) is 22.6. The summed E-state index contributed by atoms with van der Waals surface area (Å²) in [5.41, 5.74) is 1.28. The molecule has 1 aromatic rings. The Morgan fingerprint density at radius 1 is 1.29 bits per heavy atom. The van der Waals surface area contributed by atoms with Crippen LogP contribution in [0, 0.1) is 11.8 Å². The highest BCUT2D eigenvalue weighted by Gasteiger charge is 2.33. The third kappa shape index (κ3) is 3.88. The Kier molecular flexibility index (Phi) is 4.99. The van der Waals surface area contributed by atoms with Crippen molar-refractivity contribution in [2.45, 2.75) is 77.3 Å². The molecule has 1 N–H and O–H groups in total. The maximum atomic E-state index is 4.88. The molecular weight excluding hydrogens is 258 g/mol. The summed E-state index contributed by atoms with van der Waals surface area (Å²) in [7, 11) is 0. The first-order valence-corrected chi connectivity index (χ1v) is 9.05. The van der Waals surface area contributed by atoms with E-state index in [0.29, 0.717) is 12.1 Å². The van der Waals surface area contributed by atoms with Crippen molar-refractivity contribution in [1.29, 1.82) is 0 Å². The SMILES string of the molecule is CCCNC(Cc1ccn(C2CCCC2)n1)C(C)C1CC1. The average molecular weight is 289 g/mol. The van der Waals surface area contributed by atoms with E-state index in [-0.39, 0.29) is 0 Å². The molecule has 2 unspecified atom stereocenters. The molecule has 1 heterocycles. The van der Waals surface area contributed by atoms with Crippen molar-refractivity contribution in [3.8, 4) is 0 Å². The van der Waals surface area contributed by atoms with Crippen LogP contribution >= 0.6 is 0 Å². The van der Waals surface area contributed by atoms with Crippen LogP contribution in [0.4, 0.5) is 0 Å². The summed E-state index contributed by atoms with van der Waals surface area (Å²) in [6, 6.07) is 3.52. The Bertz CT molecular complexity index is 429. The van der Waals surface area contributed by atoms with Crippen molar-refractivity contribution in [1.82, 2.24) is 15.1 Å². The van der Waals surface area contributed by atoms with Gasteiger partial charge in [0.2, 0.25) is 0 Å². The maximum Gasteiger partial charge on any atom is 0.0640 e. The first-order valence-electron chi connectivity index (χ1n) is 9.05. The Morgan fingerprint density at radius 3 is 2.71 bits per heavy atom. The van der Waals surface area contributed by atoms with Crippen LogP contribution < -0.4 is 5.32 Å². The molecule has 118 valence electrons. The van der Waals surface area contributed by atoms with E-state index in [0.717, 1.165) is 24.8 Å². The van der Waals surface area contributed by atoms with E-state index in [2.05, 4.69) is 36.1 Å². The van der Waals surface area contributed by atoms with Crippen molar-refractivity contribution in [2.24, 2.45) is 11.8 Å². The first-order chi connectivity index (χ1) is 10.3. The van der Waals surface area contributed by atoms with Gasteiger partial charge >= 0.3 is 0 Å². The average Bonchev–Trinajstić information content (AvgIpc) is 3.01. The van der Waals surface area contributed by atoms with Crippen LogP contribution in [0.25, 0.3) is 0 Å². The minimum atomic E-state index is 0.601. The van der Waals surface area contributed by atoms with Gasteiger partial charge in [-0.1, -0.05) is 26.7 Å². The number of rotatable bonds is 8. The summed E-state index contributed by atoms with van der Waals surface area (Å²) < 4.78 is 2.24. The van der Waals surface area contributed by atoms with E-state index >= 15 is 0 Å². The molecule has 0 saturated heterocycles. The molecule has 2 aliphatic rings. The van der Waals surface area contributed by atoms with Gasteiger partial charge in [0.25, 0.3) is 0 Å². The molecule has 2 fully saturated rings. The van der Waals surface area contributed by atoms with Crippen molar-refractivity contribution >= 4 is 0 Å². The summed E-state index contributed by atoms with van der Waals surface area (Å²) in [6.07, 6.45) is 12.8. The first kappa shape index (κ1) is 15.1. The molecule has 0 bridgehead atoms. The molecule has 2 aliphatic carbocycles. The van der Waals surface area contributed by atoms with Gasteiger partial charge in [-0.05, 0) is 56.6 Å². The molecular formula is C18H31N3. The van der Waals surface area contributed by atoms with Gasteiger partial charge < -0.3 is 5.32 Å². The summed E-state index contributed by atoms with van der Waals surface area (Å²) in [5, 5.41) is 8.65. The molecule has 1 aromatic heterocycles.